The summed E-state index contributed by atoms with van der Waals surface area (Å²) in [7, 11) is 2.12. The minimum atomic E-state index is -0.594. The number of hydrogen-bond acceptors (Lipinski definition) is 3. The van der Waals surface area contributed by atoms with Crippen LogP contribution in [-0.4, -0.2) is 60.6 Å². The van der Waals surface area contributed by atoms with E-state index >= 15 is 0 Å². The maximum atomic E-state index is 11.2. The van der Waals surface area contributed by atoms with E-state index in [0.717, 1.165) is 45.6 Å². The molecule has 4 heteroatoms. The fourth-order valence-electron chi connectivity index (χ4n) is 2.58. The first-order valence-electron chi connectivity index (χ1n) is 6.30. The van der Waals surface area contributed by atoms with Gasteiger partial charge in [-0.05, 0) is 25.8 Å². The van der Waals surface area contributed by atoms with Gasteiger partial charge in [-0.1, -0.05) is 6.42 Å². The smallest absolute Gasteiger partial charge is 0.308 e. The van der Waals surface area contributed by atoms with Crippen LogP contribution in [0.4, 0.5) is 0 Å². The molecule has 1 unspecified atom stereocenters. The molecule has 1 heterocycles. The van der Waals surface area contributed by atoms with E-state index in [9.17, 15) is 9.90 Å². The quantitative estimate of drug-likeness (QED) is 0.767. The number of carbonyl (C=O) groups is 1. The van der Waals surface area contributed by atoms with Crippen LogP contribution < -0.4 is 0 Å². The van der Waals surface area contributed by atoms with E-state index in [1.807, 2.05) is 0 Å². The highest BCUT2D eigenvalue weighted by molar-refractivity contribution is 5.70. The first kappa shape index (κ1) is 11.9. The second-order valence-electron chi connectivity index (χ2n) is 5.24. The Morgan fingerprint density at radius 2 is 1.94 bits per heavy atom. The van der Waals surface area contributed by atoms with Crippen molar-refractivity contribution in [2.75, 3.05) is 39.8 Å². The Balaban J connectivity index is 1.83. The molecule has 1 saturated carbocycles. The normalized spacial score (nSPS) is 26.3. The Bertz CT molecular complexity index is 245. The van der Waals surface area contributed by atoms with Gasteiger partial charge in [-0.25, -0.2) is 0 Å². The van der Waals surface area contributed by atoms with Gasteiger partial charge in [-0.15, -0.1) is 0 Å². The molecule has 2 fully saturated rings. The molecule has 1 aliphatic heterocycles. The summed E-state index contributed by atoms with van der Waals surface area (Å²) in [6, 6.07) is 0. The lowest BCUT2D eigenvalue weighted by molar-refractivity contribution is -0.146. The SMILES string of the molecule is CN1CCN(CC(C(=O)O)C2CCC2)CC1. The van der Waals surface area contributed by atoms with E-state index in [4.69, 9.17) is 0 Å². The third kappa shape index (κ3) is 2.74. The zero-order chi connectivity index (χ0) is 11.5. The molecule has 16 heavy (non-hydrogen) atoms. The number of likely N-dealkylation sites (N-methyl/N-ethyl adjacent to an activating group) is 1. The van der Waals surface area contributed by atoms with Gasteiger partial charge >= 0.3 is 5.97 Å². The molecule has 4 nitrogen and oxygen atoms in total. The summed E-state index contributed by atoms with van der Waals surface area (Å²) in [4.78, 5) is 15.9. The van der Waals surface area contributed by atoms with Gasteiger partial charge in [0.05, 0.1) is 5.92 Å². The predicted octanol–water partition coefficient (Wildman–Crippen LogP) is 0.735. The average Bonchev–Trinajstić information content (AvgIpc) is 2.17. The first-order valence-corrected chi connectivity index (χ1v) is 6.30. The van der Waals surface area contributed by atoms with Crippen LogP contribution in [0.3, 0.4) is 0 Å². The Kier molecular flexibility index (Phi) is 3.82. The van der Waals surface area contributed by atoms with Crippen molar-refractivity contribution in [1.29, 1.82) is 0 Å². The van der Waals surface area contributed by atoms with Crippen molar-refractivity contribution >= 4 is 5.97 Å². The Labute approximate surface area is 97.2 Å². The molecule has 1 atom stereocenters. The maximum Gasteiger partial charge on any atom is 0.308 e. The van der Waals surface area contributed by atoms with Crippen molar-refractivity contribution in [3.63, 3.8) is 0 Å². The van der Waals surface area contributed by atoms with E-state index in [-0.39, 0.29) is 5.92 Å². The number of hydrogen-bond donors (Lipinski definition) is 1. The van der Waals surface area contributed by atoms with E-state index in [0.29, 0.717) is 5.92 Å². The summed E-state index contributed by atoms with van der Waals surface area (Å²) in [6.07, 6.45) is 3.45. The largest absolute Gasteiger partial charge is 0.481 e. The zero-order valence-corrected chi connectivity index (χ0v) is 10.1. The molecule has 0 amide bonds. The Hall–Kier alpha value is -0.610. The number of carboxylic acids is 1. The van der Waals surface area contributed by atoms with E-state index in [1.54, 1.807) is 0 Å². The highest BCUT2D eigenvalue weighted by Crippen LogP contribution is 2.34. The molecule has 0 aromatic carbocycles. The maximum absolute atomic E-state index is 11.2. The van der Waals surface area contributed by atoms with E-state index in [1.165, 1.54) is 6.42 Å². The van der Waals surface area contributed by atoms with E-state index in [2.05, 4.69) is 16.8 Å². The molecule has 0 radical (unpaired) electrons. The molecule has 2 rings (SSSR count). The molecular weight excluding hydrogens is 204 g/mol. The molecule has 1 aliphatic carbocycles. The summed E-state index contributed by atoms with van der Waals surface area (Å²) in [6.45, 7) is 4.93. The summed E-state index contributed by atoms with van der Waals surface area (Å²) >= 11 is 0. The number of carboxylic acid groups (broad SMARTS) is 1. The molecule has 1 N–H and O–H groups in total. The summed E-state index contributed by atoms with van der Waals surface area (Å²) in [5.41, 5.74) is 0. The topological polar surface area (TPSA) is 43.8 Å². The number of piperazine rings is 1. The molecule has 0 spiro atoms. The van der Waals surface area contributed by atoms with Crippen LogP contribution in [0.2, 0.25) is 0 Å². The number of rotatable bonds is 4. The molecule has 1 saturated heterocycles. The lowest BCUT2D eigenvalue weighted by Crippen LogP contribution is -2.48. The second-order valence-corrected chi connectivity index (χ2v) is 5.24. The van der Waals surface area contributed by atoms with Crippen LogP contribution in [0.15, 0.2) is 0 Å². The molecular formula is C12H22N2O2. The lowest BCUT2D eigenvalue weighted by Gasteiger charge is -2.37. The van der Waals surface area contributed by atoms with Gasteiger partial charge in [0, 0.05) is 32.7 Å². The molecule has 0 aromatic rings. The third-order valence-corrected chi connectivity index (χ3v) is 4.09. The van der Waals surface area contributed by atoms with Crippen LogP contribution >= 0.6 is 0 Å². The van der Waals surface area contributed by atoms with Gasteiger partial charge in [0.25, 0.3) is 0 Å². The molecule has 2 aliphatic rings. The van der Waals surface area contributed by atoms with Gasteiger partial charge < -0.3 is 10.0 Å². The second kappa shape index (κ2) is 5.15. The van der Waals surface area contributed by atoms with Crippen LogP contribution in [0.25, 0.3) is 0 Å². The molecule has 0 aromatic heterocycles. The summed E-state index contributed by atoms with van der Waals surface area (Å²) in [5.74, 6) is -0.280. The van der Waals surface area contributed by atoms with Crippen molar-refractivity contribution < 1.29 is 9.90 Å². The zero-order valence-electron chi connectivity index (χ0n) is 10.1. The van der Waals surface area contributed by atoms with Crippen LogP contribution in [0.5, 0.6) is 0 Å². The fraction of sp³-hybridized carbons (Fsp3) is 0.917. The average molecular weight is 226 g/mol. The lowest BCUT2D eigenvalue weighted by atomic mass is 9.75. The van der Waals surface area contributed by atoms with Gasteiger partial charge in [0.2, 0.25) is 0 Å². The number of aliphatic carboxylic acids is 1. The molecule has 92 valence electrons. The van der Waals surface area contributed by atoms with Crippen molar-refractivity contribution in [2.24, 2.45) is 11.8 Å². The van der Waals surface area contributed by atoms with Crippen molar-refractivity contribution in [2.45, 2.75) is 19.3 Å². The monoisotopic (exact) mass is 226 g/mol. The van der Waals surface area contributed by atoms with Gasteiger partial charge in [-0.3, -0.25) is 9.69 Å². The molecule has 0 bridgehead atoms. The van der Waals surface area contributed by atoms with Gasteiger partial charge in [-0.2, -0.15) is 0 Å². The van der Waals surface area contributed by atoms with Crippen LogP contribution in [0, 0.1) is 11.8 Å². The van der Waals surface area contributed by atoms with Crippen LogP contribution in [0.1, 0.15) is 19.3 Å². The van der Waals surface area contributed by atoms with Crippen molar-refractivity contribution in [3.05, 3.63) is 0 Å². The standard InChI is InChI=1S/C12H22N2O2/c1-13-5-7-14(8-6-13)9-11(12(15)16)10-3-2-4-10/h10-11H,2-9H2,1H3,(H,15,16). The predicted molar refractivity (Wildman–Crippen MR) is 62.4 cm³/mol. The third-order valence-electron chi connectivity index (χ3n) is 4.09. The summed E-state index contributed by atoms with van der Waals surface area (Å²) in [5, 5.41) is 9.25. The van der Waals surface area contributed by atoms with Gasteiger partial charge in [0.1, 0.15) is 0 Å². The summed E-state index contributed by atoms with van der Waals surface area (Å²) < 4.78 is 0. The fourth-order valence-corrected chi connectivity index (χ4v) is 2.58. The number of nitrogens with zero attached hydrogens (tertiary/aromatic N) is 2. The Morgan fingerprint density at radius 3 is 2.38 bits per heavy atom. The Morgan fingerprint density at radius 1 is 1.31 bits per heavy atom. The van der Waals surface area contributed by atoms with Crippen molar-refractivity contribution in [1.82, 2.24) is 9.80 Å². The van der Waals surface area contributed by atoms with E-state index < -0.39 is 5.97 Å². The first-order chi connectivity index (χ1) is 7.66. The highest BCUT2D eigenvalue weighted by atomic mass is 16.4. The minimum absolute atomic E-state index is 0.128. The van der Waals surface area contributed by atoms with Gasteiger partial charge in [0.15, 0.2) is 0 Å². The minimum Gasteiger partial charge on any atom is -0.481 e. The van der Waals surface area contributed by atoms with Crippen molar-refractivity contribution in [3.8, 4) is 0 Å². The van der Waals surface area contributed by atoms with Crippen LogP contribution in [-0.2, 0) is 4.79 Å². The highest BCUT2D eigenvalue weighted by Gasteiger charge is 2.34.